The number of carbonyl (C=O) groups is 1. The average molecular weight is 399 g/mol. The fourth-order valence-electron chi connectivity index (χ4n) is 4.27. The average Bonchev–Trinajstić information content (AvgIpc) is 3.10. The van der Waals surface area contributed by atoms with Gasteiger partial charge in [-0.05, 0) is 49.7 Å². The van der Waals surface area contributed by atoms with Crippen LogP contribution in [0.5, 0.6) is 0 Å². The Morgan fingerprint density at radius 3 is 2.62 bits per heavy atom. The smallest absolute Gasteiger partial charge is 0.251 e. The lowest BCUT2D eigenvalue weighted by Gasteiger charge is -2.45. The highest BCUT2D eigenvalue weighted by Gasteiger charge is 2.39. The third-order valence-electron chi connectivity index (χ3n) is 5.34. The number of halogens is 2. The zero-order chi connectivity index (χ0) is 16.5. The normalized spacial score (nSPS) is 27.0. The second kappa shape index (κ2) is 8.79. The first kappa shape index (κ1) is 20.6. The molecule has 2 saturated carbocycles. The first-order valence-corrected chi connectivity index (χ1v) is 8.58. The molecule has 4 rings (SSSR count). The van der Waals surface area contributed by atoms with Crippen LogP contribution in [0, 0.1) is 11.8 Å². The van der Waals surface area contributed by atoms with E-state index in [2.05, 4.69) is 20.4 Å². The summed E-state index contributed by atoms with van der Waals surface area (Å²) in [6.07, 6.45) is 10.2. The number of carbonyl (C=O) groups excluding carboxylic acids is 1. The molecule has 2 bridgehead atoms. The number of amides is 1. The number of aromatic nitrogens is 4. The molecule has 0 spiro atoms. The predicted molar refractivity (Wildman–Crippen MR) is 103 cm³/mol. The molecule has 26 heavy (non-hydrogen) atoms. The highest BCUT2D eigenvalue weighted by Crippen LogP contribution is 2.39. The lowest BCUT2D eigenvalue weighted by atomic mass is 9.67. The molecule has 1 amide bonds. The van der Waals surface area contributed by atoms with Crippen molar-refractivity contribution in [2.75, 3.05) is 0 Å². The molecule has 2 aromatic heterocycles. The standard InChI is InChI=1S/C17H22N6O.2ClH/c18-14-6-11-2-1-3-12(7-14)16(11)22-17(24)13-4-5-20-15(8-13)23-10-19-9-21-23;;/h4-5,8-12,14,16H,1-3,6-7,18H2,(H,22,24);2*1H. The molecule has 2 aromatic rings. The van der Waals surface area contributed by atoms with Gasteiger partial charge in [-0.25, -0.2) is 14.6 Å². The highest BCUT2D eigenvalue weighted by atomic mass is 35.5. The lowest BCUT2D eigenvalue weighted by molar-refractivity contribution is 0.0756. The van der Waals surface area contributed by atoms with Gasteiger partial charge in [0.15, 0.2) is 5.82 Å². The van der Waals surface area contributed by atoms with Crippen molar-refractivity contribution in [2.24, 2.45) is 17.6 Å². The van der Waals surface area contributed by atoms with Crippen LogP contribution in [0.15, 0.2) is 31.0 Å². The molecule has 2 fully saturated rings. The number of nitrogens with two attached hydrogens (primary N) is 1. The van der Waals surface area contributed by atoms with E-state index in [0.29, 0.717) is 23.2 Å². The van der Waals surface area contributed by atoms with Crippen molar-refractivity contribution < 1.29 is 4.79 Å². The van der Waals surface area contributed by atoms with Crippen molar-refractivity contribution in [3.05, 3.63) is 36.5 Å². The summed E-state index contributed by atoms with van der Waals surface area (Å²) in [7, 11) is 0. The molecule has 2 atom stereocenters. The minimum atomic E-state index is -0.0452. The van der Waals surface area contributed by atoms with Gasteiger partial charge < -0.3 is 11.1 Å². The summed E-state index contributed by atoms with van der Waals surface area (Å²) in [5.41, 5.74) is 6.77. The molecule has 2 heterocycles. The molecule has 2 unspecified atom stereocenters. The van der Waals surface area contributed by atoms with Crippen LogP contribution in [0.25, 0.3) is 5.82 Å². The summed E-state index contributed by atoms with van der Waals surface area (Å²) in [4.78, 5) is 20.9. The Balaban J connectivity index is 0.00000121. The van der Waals surface area contributed by atoms with Crippen LogP contribution in [0.1, 0.15) is 42.5 Å². The molecular formula is C17H24Cl2N6O. The van der Waals surface area contributed by atoms with Crippen molar-refractivity contribution in [3.8, 4) is 5.82 Å². The van der Waals surface area contributed by atoms with Gasteiger partial charge in [-0.3, -0.25) is 4.79 Å². The van der Waals surface area contributed by atoms with Crippen LogP contribution in [0.2, 0.25) is 0 Å². The summed E-state index contributed by atoms with van der Waals surface area (Å²) < 4.78 is 1.55. The molecule has 3 N–H and O–H groups in total. The zero-order valence-electron chi connectivity index (χ0n) is 14.3. The minimum absolute atomic E-state index is 0. The van der Waals surface area contributed by atoms with E-state index in [1.807, 2.05) is 0 Å². The quantitative estimate of drug-likeness (QED) is 0.824. The Morgan fingerprint density at radius 2 is 1.96 bits per heavy atom. The molecule has 2 aliphatic rings. The van der Waals surface area contributed by atoms with Gasteiger partial charge in [0.1, 0.15) is 12.7 Å². The van der Waals surface area contributed by atoms with E-state index in [0.717, 1.165) is 25.7 Å². The minimum Gasteiger partial charge on any atom is -0.349 e. The van der Waals surface area contributed by atoms with Crippen molar-refractivity contribution in [2.45, 2.75) is 44.2 Å². The van der Waals surface area contributed by atoms with Crippen LogP contribution >= 0.6 is 24.8 Å². The first-order valence-electron chi connectivity index (χ1n) is 8.58. The van der Waals surface area contributed by atoms with Crippen molar-refractivity contribution in [1.29, 1.82) is 0 Å². The number of hydrogen-bond acceptors (Lipinski definition) is 5. The van der Waals surface area contributed by atoms with Crippen LogP contribution in [-0.2, 0) is 0 Å². The second-order valence-electron chi connectivity index (χ2n) is 6.92. The maximum atomic E-state index is 12.7. The van der Waals surface area contributed by atoms with Crippen LogP contribution < -0.4 is 11.1 Å². The molecule has 2 aliphatic carbocycles. The maximum absolute atomic E-state index is 12.7. The summed E-state index contributed by atoms with van der Waals surface area (Å²) in [6, 6.07) is 4.01. The van der Waals surface area contributed by atoms with Gasteiger partial charge in [-0.2, -0.15) is 5.10 Å². The van der Waals surface area contributed by atoms with E-state index in [1.54, 1.807) is 29.3 Å². The van der Waals surface area contributed by atoms with Crippen LogP contribution in [0.4, 0.5) is 0 Å². The largest absolute Gasteiger partial charge is 0.349 e. The molecule has 142 valence electrons. The molecule has 9 heteroatoms. The Morgan fingerprint density at radius 1 is 1.23 bits per heavy atom. The van der Waals surface area contributed by atoms with E-state index < -0.39 is 0 Å². The monoisotopic (exact) mass is 398 g/mol. The van der Waals surface area contributed by atoms with Gasteiger partial charge in [0, 0.05) is 23.8 Å². The second-order valence-corrected chi connectivity index (χ2v) is 6.92. The zero-order valence-corrected chi connectivity index (χ0v) is 16.0. The molecule has 0 radical (unpaired) electrons. The topological polar surface area (TPSA) is 98.7 Å². The highest BCUT2D eigenvalue weighted by molar-refractivity contribution is 5.94. The Hall–Kier alpha value is -1.70. The maximum Gasteiger partial charge on any atom is 0.251 e. The third-order valence-corrected chi connectivity index (χ3v) is 5.34. The summed E-state index contributed by atoms with van der Waals surface area (Å²) in [6.45, 7) is 0. The van der Waals surface area contributed by atoms with E-state index in [9.17, 15) is 4.79 Å². The van der Waals surface area contributed by atoms with Crippen molar-refractivity contribution in [1.82, 2.24) is 25.1 Å². The van der Waals surface area contributed by atoms with Gasteiger partial charge in [0.05, 0.1) is 0 Å². The number of pyridine rings is 1. The Kier molecular flexibility index (Phi) is 6.97. The van der Waals surface area contributed by atoms with E-state index in [4.69, 9.17) is 5.73 Å². The fraction of sp³-hybridized carbons (Fsp3) is 0.529. The number of nitrogens with zero attached hydrogens (tertiary/aromatic N) is 4. The number of hydrogen-bond donors (Lipinski definition) is 2. The van der Waals surface area contributed by atoms with Gasteiger partial charge in [-0.15, -0.1) is 24.8 Å². The van der Waals surface area contributed by atoms with Gasteiger partial charge in [0.25, 0.3) is 5.91 Å². The molecular weight excluding hydrogens is 375 g/mol. The van der Waals surface area contributed by atoms with E-state index in [-0.39, 0.29) is 42.8 Å². The molecule has 0 saturated heterocycles. The lowest BCUT2D eigenvalue weighted by Crippen LogP contribution is -2.53. The summed E-state index contributed by atoms with van der Waals surface area (Å²) >= 11 is 0. The number of nitrogens with one attached hydrogen (secondary N) is 1. The molecule has 0 aliphatic heterocycles. The Labute approximate surface area is 165 Å². The SMILES string of the molecule is Cl.Cl.NC1CC2CCCC(C1)C2NC(=O)c1ccnc(-n2cncn2)c1. The van der Waals surface area contributed by atoms with Gasteiger partial charge >= 0.3 is 0 Å². The van der Waals surface area contributed by atoms with E-state index >= 15 is 0 Å². The van der Waals surface area contributed by atoms with Crippen molar-refractivity contribution >= 4 is 30.7 Å². The number of fused-ring (bicyclic) bond motifs is 2. The third kappa shape index (κ3) is 4.16. The molecule has 0 aromatic carbocycles. The van der Waals surface area contributed by atoms with Crippen molar-refractivity contribution in [3.63, 3.8) is 0 Å². The van der Waals surface area contributed by atoms with Gasteiger partial charge in [-0.1, -0.05) is 6.42 Å². The fourth-order valence-corrected chi connectivity index (χ4v) is 4.27. The Bertz CT molecular complexity index is 712. The van der Waals surface area contributed by atoms with Gasteiger partial charge in [0.2, 0.25) is 0 Å². The van der Waals surface area contributed by atoms with Crippen LogP contribution in [0.3, 0.4) is 0 Å². The first-order chi connectivity index (χ1) is 11.7. The van der Waals surface area contributed by atoms with Crippen LogP contribution in [-0.4, -0.2) is 37.7 Å². The summed E-state index contributed by atoms with van der Waals surface area (Å²) in [5, 5.41) is 7.32. The number of rotatable bonds is 3. The predicted octanol–water partition coefficient (Wildman–Crippen LogP) is 2.14. The van der Waals surface area contributed by atoms with E-state index in [1.165, 1.54) is 12.7 Å². The summed E-state index contributed by atoms with van der Waals surface area (Å²) in [5.74, 6) is 1.56. The molecule has 7 nitrogen and oxygen atoms in total.